The van der Waals surface area contributed by atoms with Gasteiger partial charge in [-0.3, -0.25) is 0 Å². The molecule has 0 unspecified atom stereocenters. The van der Waals surface area contributed by atoms with Crippen LogP contribution in [-0.4, -0.2) is 21.5 Å². The zero-order valence-corrected chi connectivity index (χ0v) is 11.8. The lowest BCUT2D eigenvalue weighted by Crippen LogP contribution is -2.06. The number of hydrogen-bond donors (Lipinski definition) is 1. The van der Waals surface area contributed by atoms with Crippen LogP contribution < -0.4 is 5.32 Å². The van der Waals surface area contributed by atoms with E-state index in [0.717, 1.165) is 30.2 Å². The number of hydrogen-bond acceptors (Lipinski definition) is 5. The topological polar surface area (TPSA) is 50.7 Å². The Morgan fingerprint density at radius 2 is 2.17 bits per heavy atom. The highest BCUT2D eigenvalue weighted by Gasteiger charge is 2.10. The fraction of sp³-hybridized carbons (Fsp3) is 0.462. The molecule has 2 aromatic heterocycles. The van der Waals surface area contributed by atoms with E-state index >= 15 is 0 Å². The maximum atomic E-state index is 4.58. The predicted molar refractivity (Wildman–Crippen MR) is 76.0 cm³/mol. The summed E-state index contributed by atoms with van der Waals surface area (Å²) in [4.78, 5) is 13.4. The summed E-state index contributed by atoms with van der Waals surface area (Å²) < 4.78 is 0. The molecule has 18 heavy (non-hydrogen) atoms. The first kappa shape index (κ1) is 13.0. The van der Waals surface area contributed by atoms with Gasteiger partial charge >= 0.3 is 0 Å². The first-order valence-electron chi connectivity index (χ1n) is 6.22. The van der Waals surface area contributed by atoms with Crippen molar-refractivity contribution in [3.05, 3.63) is 22.7 Å². The van der Waals surface area contributed by atoms with Gasteiger partial charge in [0.05, 0.1) is 5.51 Å². The first-order chi connectivity index (χ1) is 8.70. The van der Waals surface area contributed by atoms with E-state index in [2.05, 4.69) is 41.0 Å². The van der Waals surface area contributed by atoms with Crippen molar-refractivity contribution in [2.24, 2.45) is 0 Å². The Hall–Kier alpha value is -1.49. The quantitative estimate of drug-likeness (QED) is 0.895. The molecule has 0 saturated carbocycles. The minimum absolute atomic E-state index is 0.382. The van der Waals surface area contributed by atoms with Gasteiger partial charge < -0.3 is 5.32 Å². The van der Waals surface area contributed by atoms with Crippen molar-refractivity contribution in [1.82, 2.24) is 15.0 Å². The Bertz CT molecular complexity index is 494. The molecule has 5 heteroatoms. The van der Waals surface area contributed by atoms with Gasteiger partial charge in [-0.05, 0) is 12.3 Å². The number of anilines is 1. The summed E-state index contributed by atoms with van der Waals surface area (Å²) in [6.45, 7) is 7.33. The molecule has 1 N–H and O–H groups in total. The summed E-state index contributed by atoms with van der Waals surface area (Å²) >= 11 is 1.56. The van der Waals surface area contributed by atoms with E-state index in [9.17, 15) is 0 Å². The van der Waals surface area contributed by atoms with E-state index in [1.807, 2.05) is 11.4 Å². The molecule has 0 radical (unpaired) electrons. The van der Waals surface area contributed by atoms with Gasteiger partial charge in [0.1, 0.15) is 11.5 Å². The lowest BCUT2D eigenvalue weighted by Gasteiger charge is -2.10. The maximum absolute atomic E-state index is 4.58. The van der Waals surface area contributed by atoms with Gasteiger partial charge in [0.2, 0.25) is 0 Å². The fourth-order valence-corrected chi connectivity index (χ4v) is 2.07. The number of nitrogens with one attached hydrogen (secondary N) is 1. The van der Waals surface area contributed by atoms with E-state index in [1.54, 1.807) is 16.8 Å². The Labute approximate surface area is 112 Å². The van der Waals surface area contributed by atoms with Crippen LogP contribution in [-0.2, 0) is 0 Å². The monoisotopic (exact) mass is 262 g/mol. The van der Waals surface area contributed by atoms with Crippen LogP contribution in [0, 0.1) is 0 Å². The van der Waals surface area contributed by atoms with Crippen molar-refractivity contribution in [1.29, 1.82) is 0 Å². The molecular weight excluding hydrogens is 244 g/mol. The zero-order chi connectivity index (χ0) is 13.0. The molecule has 0 aliphatic rings. The van der Waals surface area contributed by atoms with Crippen molar-refractivity contribution in [2.75, 3.05) is 11.9 Å². The molecule has 0 aromatic carbocycles. The van der Waals surface area contributed by atoms with Crippen LogP contribution in [0.4, 0.5) is 5.82 Å². The van der Waals surface area contributed by atoms with Crippen LogP contribution in [0.2, 0.25) is 0 Å². The van der Waals surface area contributed by atoms with E-state index in [4.69, 9.17) is 0 Å². The SMILES string of the molecule is CCCNc1cc(C(C)C)nc(-c2cscn2)n1. The molecule has 96 valence electrons. The maximum Gasteiger partial charge on any atom is 0.181 e. The predicted octanol–water partition coefficient (Wildman–Crippen LogP) is 3.55. The Kier molecular flexibility index (Phi) is 4.25. The largest absolute Gasteiger partial charge is 0.370 e. The van der Waals surface area contributed by atoms with Gasteiger partial charge in [0.25, 0.3) is 0 Å². The average Bonchev–Trinajstić information content (AvgIpc) is 2.89. The zero-order valence-electron chi connectivity index (χ0n) is 11.0. The van der Waals surface area contributed by atoms with Crippen molar-refractivity contribution in [3.8, 4) is 11.5 Å². The van der Waals surface area contributed by atoms with Crippen LogP contribution in [0.5, 0.6) is 0 Å². The van der Waals surface area contributed by atoms with Gasteiger partial charge in [-0.2, -0.15) is 0 Å². The lowest BCUT2D eigenvalue weighted by molar-refractivity contribution is 0.815. The number of rotatable bonds is 5. The summed E-state index contributed by atoms with van der Waals surface area (Å²) in [5, 5.41) is 5.29. The summed E-state index contributed by atoms with van der Waals surface area (Å²) in [5.41, 5.74) is 3.70. The van der Waals surface area contributed by atoms with Gasteiger partial charge in [0.15, 0.2) is 5.82 Å². The molecule has 2 heterocycles. The highest BCUT2D eigenvalue weighted by atomic mass is 32.1. The van der Waals surface area contributed by atoms with Crippen molar-refractivity contribution in [3.63, 3.8) is 0 Å². The molecule has 2 rings (SSSR count). The Morgan fingerprint density at radius 3 is 2.78 bits per heavy atom. The summed E-state index contributed by atoms with van der Waals surface area (Å²) in [6, 6.07) is 2.02. The summed E-state index contributed by atoms with van der Waals surface area (Å²) in [5.74, 6) is 1.98. The van der Waals surface area contributed by atoms with Crippen molar-refractivity contribution < 1.29 is 0 Å². The average molecular weight is 262 g/mol. The molecule has 2 aromatic rings. The highest BCUT2D eigenvalue weighted by molar-refractivity contribution is 7.07. The van der Waals surface area contributed by atoms with Crippen LogP contribution >= 0.6 is 11.3 Å². The van der Waals surface area contributed by atoms with E-state index < -0.39 is 0 Å². The molecule has 0 amide bonds. The van der Waals surface area contributed by atoms with Gasteiger partial charge in [-0.1, -0.05) is 20.8 Å². The molecule has 4 nitrogen and oxygen atoms in total. The normalized spacial score (nSPS) is 10.9. The third-order valence-corrected chi connectivity index (χ3v) is 3.14. The standard InChI is InChI=1S/C13H18N4S/c1-4-5-14-12-6-10(9(2)3)16-13(17-12)11-7-18-8-15-11/h6-9H,4-5H2,1-3H3,(H,14,16,17). The molecule has 0 saturated heterocycles. The summed E-state index contributed by atoms with van der Waals surface area (Å²) in [6.07, 6.45) is 1.08. The van der Waals surface area contributed by atoms with Gasteiger partial charge in [-0.15, -0.1) is 11.3 Å². The number of aromatic nitrogens is 3. The van der Waals surface area contributed by atoms with Crippen LogP contribution in [0.25, 0.3) is 11.5 Å². The minimum Gasteiger partial charge on any atom is -0.370 e. The van der Waals surface area contributed by atoms with E-state index in [0.29, 0.717) is 11.7 Å². The first-order valence-corrected chi connectivity index (χ1v) is 7.16. The third-order valence-electron chi connectivity index (χ3n) is 2.56. The van der Waals surface area contributed by atoms with Gasteiger partial charge in [-0.25, -0.2) is 15.0 Å². The summed E-state index contributed by atoms with van der Waals surface area (Å²) in [7, 11) is 0. The number of nitrogens with zero attached hydrogens (tertiary/aromatic N) is 3. The van der Waals surface area contributed by atoms with Crippen LogP contribution in [0.1, 0.15) is 38.8 Å². The van der Waals surface area contributed by atoms with Gasteiger partial charge in [0, 0.05) is 23.7 Å². The Morgan fingerprint density at radius 1 is 1.33 bits per heavy atom. The minimum atomic E-state index is 0.382. The second-order valence-electron chi connectivity index (χ2n) is 4.46. The smallest absolute Gasteiger partial charge is 0.181 e. The lowest BCUT2D eigenvalue weighted by atomic mass is 10.1. The fourth-order valence-electron chi connectivity index (χ4n) is 1.54. The molecule has 0 fully saturated rings. The third kappa shape index (κ3) is 3.04. The molecule has 0 atom stereocenters. The van der Waals surface area contributed by atoms with E-state index in [1.165, 1.54) is 0 Å². The van der Waals surface area contributed by atoms with E-state index in [-0.39, 0.29) is 0 Å². The molecule has 0 spiro atoms. The van der Waals surface area contributed by atoms with Crippen LogP contribution in [0.3, 0.4) is 0 Å². The van der Waals surface area contributed by atoms with Crippen molar-refractivity contribution >= 4 is 17.2 Å². The highest BCUT2D eigenvalue weighted by Crippen LogP contribution is 2.21. The van der Waals surface area contributed by atoms with Crippen LogP contribution in [0.15, 0.2) is 17.0 Å². The molecule has 0 bridgehead atoms. The molecule has 0 aliphatic heterocycles. The number of thiazole rings is 1. The Balaban J connectivity index is 2.36. The molecular formula is C13H18N4S. The second kappa shape index (κ2) is 5.91. The second-order valence-corrected chi connectivity index (χ2v) is 5.18. The van der Waals surface area contributed by atoms with Crippen molar-refractivity contribution in [2.45, 2.75) is 33.1 Å². The molecule has 0 aliphatic carbocycles.